The molecule has 0 atom stereocenters. The van der Waals surface area contributed by atoms with E-state index in [1.807, 2.05) is 67.8 Å². The molecule has 3 N–H and O–H groups in total. The van der Waals surface area contributed by atoms with Gasteiger partial charge in [-0.25, -0.2) is 4.79 Å². The van der Waals surface area contributed by atoms with Crippen LogP contribution in [0.2, 0.25) is 0 Å². The number of aliphatic carboxylic acids is 1. The van der Waals surface area contributed by atoms with Gasteiger partial charge < -0.3 is 20.4 Å². The number of benzene rings is 1. The van der Waals surface area contributed by atoms with Gasteiger partial charge in [0.25, 0.3) is 0 Å². The van der Waals surface area contributed by atoms with E-state index in [4.69, 9.17) is 5.11 Å². The molecule has 0 aromatic heterocycles. The van der Waals surface area contributed by atoms with Crippen molar-refractivity contribution in [3.8, 4) is 0 Å². The van der Waals surface area contributed by atoms with Crippen molar-refractivity contribution in [1.82, 2.24) is 0 Å². The minimum atomic E-state index is -1.13. The molecule has 8 nitrogen and oxygen atoms in total. The quantitative estimate of drug-likeness (QED) is 0.218. The molecule has 0 aliphatic carbocycles. The molecule has 2 amide bonds. The third-order valence-corrected chi connectivity index (χ3v) is 7.55. The Hall–Kier alpha value is -0.710. The van der Waals surface area contributed by atoms with E-state index in [-0.39, 0.29) is 30.2 Å². The van der Waals surface area contributed by atoms with Crippen LogP contribution in [0, 0.1) is 10.7 Å². The number of carboxylic acid groups (broad SMARTS) is 2. The molecule has 0 saturated carbocycles. The molecule has 11 heteroatoms. The Labute approximate surface area is 216 Å². The Bertz CT molecular complexity index is 844. The number of carbonyl (C=O) groups excluding carboxylic acids is 2. The number of unbranched alkanes of at least 4 members (excludes halogenated alkanes) is 4. The van der Waals surface area contributed by atoms with Gasteiger partial charge in [-0.3, -0.25) is 14.4 Å². The van der Waals surface area contributed by atoms with Crippen molar-refractivity contribution in [3.63, 3.8) is 0 Å². The Morgan fingerprint density at radius 3 is 1.90 bits per heavy atom. The minimum absolute atomic E-state index is 0.0495. The fourth-order valence-corrected chi connectivity index (χ4v) is 7.32. The molecule has 0 saturated heterocycles. The third-order valence-electron chi connectivity index (χ3n) is 4.37. The topological polar surface area (TPSA) is 124 Å². The van der Waals surface area contributed by atoms with Gasteiger partial charge in [0.15, 0.2) is 0 Å². The minimum Gasteiger partial charge on any atom is -0.481 e. The lowest BCUT2D eigenvalue weighted by Crippen LogP contribution is -2.27. The highest BCUT2D eigenvalue weighted by Crippen LogP contribution is 2.40. The normalized spacial score (nSPS) is 10.6. The van der Waals surface area contributed by atoms with E-state index in [1.54, 1.807) is 7.05 Å². The van der Waals surface area contributed by atoms with Gasteiger partial charge in [-0.15, -0.1) is 0 Å². The average molecular weight is 756 g/mol. The zero-order chi connectivity index (χ0) is 23.0. The van der Waals surface area contributed by atoms with Crippen LogP contribution in [-0.2, 0) is 14.4 Å². The maximum atomic E-state index is 12.5. The van der Waals surface area contributed by atoms with Crippen molar-refractivity contribution in [3.05, 3.63) is 16.3 Å². The van der Waals surface area contributed by atoms with Crippen molar-refractivity contribution in [2.45, 2.75) is 51.9 Å². The smallest absolute Gasteiger partial charge is 0.338 e. The van der Waals surface area contributed by atoms with Gasteiger partial charge in [-0.05, 0) is 80.6 Å². The van der Waals surface area contributed by atoms with Crippen LogP contribution in [0.25, 0.3) is 0 Å². The number of nitrogens with zero attached hydrogens (tertiary/aromatic N) is 1. The highest BCUT2D eigenvalue weighted by Gasteiger charge is 2.27. The SMILES string of the molecule is CC(=O)N(C)c1c(I)c(NC(=O)CCCCCCCC(=O)O)c(I)c(C(=O)O)c1I. The number of amides is 2. The highest BCUT2D eigenvalue weighted by molar-refractivity contribution is 14.1. The number of carboxylic acids is 2. The second-order valence-corrected chi connectivity index (χ2v) is 9.87. The zero-order valence-electron chi connectivity index (χ0n) is 16.6. The van der Waals surface area contributed by atoms with Gasteiger partial charge in [-0.2, -0.15) is 0 Å². The second kappa shape index (κ2) is 13.0. The molecule has 1 aromatic carbocycles. The summed E-state index contributed by atoms with van der Waals surface area (Å²) in [6.07, 6.45) is 4.20. The van der Waals surface area contributed by atoms with Crippen LogP contribution < -0.4 is 10.2 Å². The first-order chi connectivity index (χ1) is 14.0. The first-order valence-electron chi connectivity index (χ1n) is 9.18. The van der Waals surface area contributed by atoms with Crippen LogP contribution in [0.5, 0.6) is 0 Å². The lowest BCUT2D eigenvalue weighted by Gasteiger charge is -2.23. The number of hydrogen-bond donors (Lipinski definition) is 3. The maximum Gasteiger partial charge on any atom is 0.338 e. The maximum absolute atomic E-state index is 12.5. The van der Waals surface area contributed by atoms with E-state index in [2.05, 4.69) is 5.32 Å². The molecule has 0 aliphatic rings. The number of rotatable bonds is 11. The predicted octanol–water partition coefficient (Wildman–Crippen LogP) is 4.94. The van der Waals surface area contributed by atoms with E-state index in [0.29, 0.717) is 34.9 Å². The number of anilines is 2. The summed E-state index contributed by atoms with van der Waals surface area (Å²) in [4.78, 5) is 48.0. The van der Waals surface area contributed by atoms with Gasteiger partial charge in [0.1, 0.15) is 0 Å². The van der Waals surface area contributed by atoms with Gasteiger partial charge in [-0.1, -0.05) is 19.3 Å². The molecule has 0 radical (unpaired) electrons. The van der Waals surface area contributed by atoms with Crippen LogP contribution in [0.15, 0.2) is 0 Å². The predicted molar refractivity (Wildman–Crippen MR) is 139 cm³/mol. The van der Waals surface area contributed by atoms with Gasteiger partial charge in [0.2, 0.25) is 11.8 Å². The van der Waals surface area contributed by atoms with Crippen LogP contribution in [0.4, 0.5) is 11.4 Å². The van der Waals surface area contributed by atoms with Gasteiger partial charge in [0.05, 0.1) is 27.6 Å². The van der Waals surface area contributed by atoms with Crippen molar-refractivity contribution in [2.24, 2.45) is 0 Å². The summed E-state index contributed by atoms with van der Waals surface area (Å²) >= 11 is 5.84. The molecule has 1 rings (SSSR count). The third kappa shape index (κ3) is 7.76. The molecule has 0 aliphatic heterocycles. The standard InChI is InChI=1S/C19H23I3N2O6/c1-10(25)24(2)18-15(21)13(19(29)30)14(20)17(16(18)22)23-11(26)8-6-4-3-5-7-9-12(27)28/h3-9H2,1-2H3,(H,23,26)(H,27,28)(H,29,30). The monoisotopic (exact) mass is 756 g/mol. The van der Waals surface area contributed by atoms with Crippen LogP contribution in [0.3, 0.4) is 0 Å². The summed E-state index contributed by atoms with van der Waals surface area (Å²) in [5.74, 6) is -2.41. The zero-order valence-corrected chi connectivity index (χ0v) is 23.0. The lowest BCUT2D eigenvalue weighted by atomic mass is 10.1. The molecule has 1 aromatic rings. The van der Waals surface area contributed by atoms with E-state index in [0.717, 1.165) is 19.3 Å². The molecule has 0 spiro atoms. The Kier molecular flexibility index (Phi) is 11.8. The summed E-state index contributed by atoms with van der Waals surface area (Å²) < 4.78 is 1.45. The molecular formula is C19H23I3N2O6. The fourth-order valence-electron chi connectivity index (χ4n) is 2.69. The number of aromatic carboxylic acids is 1. The summed E-state index contributed by atoms with van der Waals surface area (Å²) in [6.45, 7) is 1.39. The lowest BCUT2D eigenvalue weighted by molar-refractivity contribution is -0.137. The van der Waals surface area contributed by atoms with Crippen molar-refractivity contribution >= 4 is 103 Å². The Morgan fingerprint density at radius 2 is 1.40 bits per heavy atom. The fraction of sp³-hybridized carbons (Fsp3) is 0.474. The second-order valence-electron chi connectivity index (χ2n) is 6.63. The molecule has 0 bridgehead atoms. The molecule has 0 unspecified atom stereocenters. The van der Waals surface area contributed by atoms with Crippen LogP contribution in [-0.4, -0.2) is 41.0 Å². The summed E-state index contributed by atoms with van der Waals surface area (Å²) in [7, 11) is 1.57. The summed E-state index contributed by atoms with van der Waals surface area (Å²) in [5.41, 5.74) is 0.896. The van der Waals surface area contributed by atoms with Gasteiger partial charge >= 0.3 is 11.9 Å². The first-order valence-corrected chi connectivity index (χ1v) is 12.4. The highest BCUT2D eigenvalue weighted by atomic mass is 127. The van der Waals surface area contributed by atoms with Crippen molar-refractivity contribution < 1.29 is 29.4 Å². The number of halogens is 3. The largest absolute Gasteiger partial charge is 0.481 e. The van der Waals surface area contributed by atoms with Gasteiger partial charge in [0, 0.05) is 26.8 Å². The molecular weight excluding hydrogens is 733 g/mol. The molecule has 166 valence electrons. The summed E-state index contributed by atoms with van der Waals surface area (Å²) in [5, 5.41) is 21.1. The van der Waals surface area contributed by atoms with Crippen LogP contribution >= 0.6 is 67.8 Å². The average Bonchev–Trinajstić information content (AvgIpc) is 2.63. The number of carbonyl (C=O) groups is 4. The van der Waals surface area contributed by atoms with E-state index in [9.17, 15) is 24.3 Å². The van der Waals surface area contributed by atoms with Crippen molar-refractivity contribution in [1.29, 1.82) is 0 Å². The molecule has 30 heavy (non-hydrogen) atoms. The van der Waals surface area contributed by atoms with E-state index < -0.39 is 11.9 Å². The summed E-state index contributed by atoms with van der Waals surface area (Å²) in [6, 6.07) is 0. The van der Waals surface area contributed by atoms with E-state index in [1.165, 1.54) is 11.8 Å². The molecule has 0 fully saturated rings. The van der Waals surface area contributed by atoms with Crippen LogP contribution in [0.1, 0.15) is 62.2 Å². The number of nitrogens with one attached hydrogen (secondary N) is 1. The molecule has 0 heterocycles. The first kappa shape index (κ1) is 27.3. The Balaban J connectivity index is 2.93. The Morgan fingerprint density at radius 1 is 0.867 bits per heavy atom. The van der Waals surface area contributed by atoms with Crippen molar-refractivity contribution in [2.75, 3.05) is 17.3 Å². The van der Waals surface area contributed by atoms with E-state index >= 15 is 0 Å². The number of hydrogen-bond acceptors (Lipinski definition) is 4.